The van der Waals surface area contributed by atoms with Crippen molar-refractivity contribution >= 4 is 15.5 Å². The molecule has 0 atom stereocenters. The molecule has 0 aliphatic heterocycles. The quantitative estimate of drug-likeness (QED) is 0.497. The van der Waals surface area contributed by atoms with Crippen molar-refractivity contribution in [3.63, 3.8) is 0 Å². The van der Waals surface area contributed by atoms with Gasteiger partial charge in [0.1, 0.15) is 18.2 Å². The van der Waals surface area contributed by atoms with Gasteiger partial charge in [0.25, 0.3) is 0 Å². The number of hydrogen-bond donors (Lipinski definition) is 1. The minimum Gasteiger partial charge on any atom is -0.492 e. The van der Waals surface area contributed by atoms with Crippen molar-refractivity contribution in [3.8, 4) is 5.75 Å². The van der Waals surface area contributed by atoms with E-state index >= 15 is 0 Å². The van der Waals surface area contributed by atoms with E-state index in [0.717, 1.165) is 0 Å². The third-order valence-electron chi connectivity index (χ3n) is 2.83. The van der Waals surface area contributed by atoms with Crippen molar-refractivity contribution in [3.05, 3.63) is 29.6 Å². The maximum Gasteiger partial charge on any atom is 0.155 e. The molecule has 0 saturated carbocycles. The molecule has 1 aromatic carbocycles. The molecule has 20 heavy (non-hydrogen) atoms. The number of oxime groups is 1. The van der Waals surface area contributed by atoms with Crippen molar-refractivity contribution in [2.24, 2.45) is 5.16 Å². The second kappa shape index (κ2) is 6.69. The fraction of sp³-hybridized carbons (Fsp3) is 0.462. The number of sulfone groups is 1. The molecule has 0 radical (unpaired) electrons. The maximum absolute atomic E-state index is 13.2. The molecule has 0 amide bonds. The molecule has 1 rings (SSSR count). The van der Waals surface area contributed by atoms with Gasteiger partial charge in [-0.05, 0) is 39.0 Å². The zero-order valence-electron chi connectivity index (χ0n) is 11.6. The Morgan fingerprint density at radius 2 is 2.10 bits per heavy atom. The number of benzene rings is 1. The monoisotopic (exact) mass is 303 g/mol. The van der Waals surface area contributed by atoms with E-state index in [1.165, 1.54) is 25.1 Å². The molecule has 0 aromatic heterocycles. The van der Waals surface area contributed by atoms with Gasteiger partial charge in [0.15, 0.2) is 9.84 Å². The number of ether oxygens (including phenoxy) is 1. The molecule has 7 heteroatoms. The third-order valence-corrected chi connectivity index (χ3v) is 5.00. The molecule has 0 heterocycles. The second-order valence-corrected chi connectivity index (χ2v) is 7.27. The van der Waals surface area contributed by atoms with Crippen molar-refractivity contribution in [1.29, 1.82) is 0 Å². The molecule has 1 aromatic rings. The number of halogens is 1. The summed E-state index contributed by atoms with van der Waals surface area (Å²) in [7, 11) is -3.19. The summed E-state index contributed by atoms with van der Waals surface area (Å²) in [6, 6.07) is 3.74. The number of rotatable bonds is 6. The smallest absolute Gasteiger partial charge is 0.155 e. The SMILES string of the molecule is C/C(=N\O)c1cc(F)ccc1OCCS(=O)(=O)C(C)C. The van der Waals surface area contributed by atoms with Crippen LogP contribution in [0.5, 0.6) is 5.75 Å². The minimum absolute atomic E-state index is 0.0438. The average molecular weight is 303 g/mol. The molecule has 0 aliphatic carbocycles. The first-order valence-electron chi connectivity index (χ1n) is 6.11. The average Bonchev–Trinajstić information content (AvgIpc) is 2.39. The number of hydrogen-bond acceptors (Lipinski definition) is 5. The Bertz CT molecular complexity index is 596. The zero-order valence-corrected chi connectivity index (χ0v) is 12.4. The molecular formula is C13H18FNO4S. The highest BCUT2D eigenvalue weighted by Gasteiger charge is 2.17. The van der Waals surface area contributed by atoms with E-state index in [9.17, 15) is 12.8 Å². The van der Waals surface area contributed by atoms with Crippen LogP contribution in [0.15, 0.2) is 23.4 Å². The Hall–Kier alpha value is -1.63. The van der Waals surface area contributed by atoms with Gasteiger partial charge >= 0.3 is 0 Å². The summed E-state index contributed by atoms with van der Waals surface area (Å²) in [5.41, 5.74) is 0.473. The molecule has 0 bridgehead atoms. The van der Waals surface area contributed by atoms with Crippen LogP contribution in [0.2, 0.25) is 0 Å². The molecule has 112 valence electrons. The maximum atomic E-state index is 13.2. The summed E-state index contributed by atoms with van der Waals surface area (Å²) in [6.45, 7) is 4.65. The van der Waals surface area contributed by atoms with Crippen molar-refractivity contribution in [2.75, 3.05) is 12.4 Å². The van der Waals surface area contributed by atoms with E-state index in [1.54, 1.807) is 13.8 Å². The van der Waals surface area contributed by atoms with Gasteiger partial charge in [0, 0.05) is 5.56 Å². The summed E-state index contributed by atoms with van der Waals surface area (Å²) < 4.78 is 41.8. The van der Waals surface area contributed by atoms with Crippen LogP contribution in [0.3, 0.4) is 0 Å². The lowest BCUT2D eigenvalue weighted by molar-refractivity contribution is 0.317. The van der Waals surface area contributed by atoms with Crippen LogP contribution in [0.4, 0.5) is 4.39 Å². The van der Waals surface area contributed by atoms with E-state index in [4.69, 9.17) is 9.94 Å². The van der Waals surface area contributed by atoms with Gasteiger partial charge in [-0.25, -0.2) is 12.8 Å². The molecule has 0 unspecified atom stereocenters. The minimum atomic E-state index is -3.19. The largest absolute Gasteiger partial charge is 0.492 e. The van der Waals surface area contributed by atoms with Crippen molar-refractivity contribution in [2.45, 2.75) is 26.0 Å². The van der Waals surface area contributed by atoms with Crippen LogP contribution in [-0.2, 0) is 9.84 Å². The van der Waals surface area contributed by atoms with E-state index in [1.807, 2.05) is 0 Å². The second-order valence-electron chi connectivity index (χ2n) is 4.59. The van der Waals surface area contributed by atoms with Gasteiger partial charge in [-0.2, -0.15) is 0 Å². The highest BCUT2D eigenvalue weighted by molar-refractivity contribution is 7.91. The highest BCUT2D eigenvalue weighted by Crippen LogP contribution is 2.21. The van der Waals surface area contributed by atoms with Crippen molar-refractivity contribution in [1.82, 2.24) is 0 Å². The molecular weight excluding hydrogens is 285 g/mol. The lowest BCUT2D eigenvalue weighted by atomic mass is 10.1. The Kier molecular flexibility index (Phi) is 5.50. The normalized spacial score (nSPS) is 12.8. The first-order valence-corrected chi connectivity index (χ1v) is 7.82. The molecule has 0 aliphatic rings. The predicted octanol–water partition coefficient (Wildman–Crippen LogP) is 2.23. The summed E-state index contributed by atoms with van der Waals surface area (Å²) in [4.78, 5) is 0. The van der Waals surface area contributed by atoms with Crippen LogP contribution in [0, 0.1) is 5.82 Å². The highest BCUT2D eigenvalue weighted by atomic mass is 32.2. The van der Waals surface area contributed by atoms with Crippen LogP contribution >= 0.6 is 0 Å². The topological polar surface area (TPSA) is 76.0 Å². The first-order chi connectivity index (χ1) is 9.27. The summed E-state index contributed by atoms with van der Waals surface area (Å²) in [5.74, 6) is -0.345. The van der Waals surface area contributed by atoms with Crippen molar-refractivity contribution < 1.29 is 22.8 Å². The number of nitrogens with zero attached hydrogens (tertiary/aromatic N) is 1. The predicted molar refractivity (Wildman–Crippen MR) is 74.8 cm³/mol. The summed E-state index contributed by atoms with van der Waals surface area (Å²) in [6.07, 6.45) is 0. The Morgan fingerprint density at radius 3 is 2.65 bits per heavy atom. The zero-order chi connectivity index (χ0) is 15.3. The molecule has 5 nitrogen and oxygen atoms in total. The first kappa shape index (κ1) is 16.4. The van der Waals surface area contributed by atoms with E-state index < -0.39 is 20.9 Å². The Balaban J connectivity index is 2.84. The van der Waals surface area contributed by atoms with E-state index in [2.05, 4.69) is 5.16 Å². The molecule has 0 fully saturated rings. The van der Waals surface area contributed by atoms with Gasteiger partial charge < -0.3 is 9.94 Å². The lowest BCUT2D eigenvalue weighted by Crippen LogP contribution is -2.22. The van der Waals surface area contributed by atoms with Crippen LogP contribution in [0.1, 0.15) is 26.3 Å². The molecule has 0 spiro atoms. The van der Waals surface area contributed by atoms with Gasteiger partial charge in [0.05, 0.1) is 16.7 Å². The fourth-order valence-electron chi connectivity index (χ4n) is 1.47. The summed E-state index contributed by atoms with van der Waals surface area (Å²) in [5, 5.41) is 11.3. The van der Waals surface area contributed by atoms with E-state index in [-0.39, 0.29) is 29.4 Å². The van der Waals surface area contributed by atoms with Crippen LogP contribution in [-0.4, -0.2) is 36.9 Å². The summed E-state index contributed by atoms with van der Waals surface area (Å²) >= 11 is 0. The third kappa shape index (κ3) is 4.19. The van der Waals surface area contributed by atoms with Gasteiger partial charge in [-0.15, -0.1) is 0 Å². The van der Waals surface area contributed by atoms with E-state index in [0.29, 0.717) is 0 Å². The van der Waals surface area contributed by atoms with Crippen LogP contribution in [0.25, 0.3) is 0 Å². The molecule has 1 N–H and O–H groups in total. The standard InChI is InChI=1S/C13H18FNO4S/c1-9(2)20(17,18)7-6-19-13-5-4-11(14)8-12(13)10(3)15-16/h4-5,8-9,16H,6-7H2,1-3H3/b15-10+. The van der Waals surface area contributed by atoms with Gasteiger partial charge in [0.2, 0.25) is 0 Å². The fourth-order valence-corrected chi connectivity index (χ4v) is 2.26. The van der Waals surface area contributed by atoms with Gasteiger partial charge in [-0.3, -0.25) is 0 Å². The Morgan fingerprint density at radius 1 is 1.45 bits per heavy atom. The Labute approximate surface area is 118 Å². The van der Waals surface area contributed by atoms with Crippen LogP contribution < -0.4 is 4.74 Å². The lowest BCUT2D eigenvalue weighted by Gasteiger charge is -2.12. The molecule has 0 saturated heterocycles. The van der Waals surface area contributed by atoms with Gasteiger partial charge in [-0.1, -0.05) is 5.16 Å².